The number of halogens is 4. The van der Waals surface area contributed by atoms with E-state index < -0.39 is 11.6 Å². The first-order chi connectivity index (χ1) is 9.47. The highest BCUT2D eigenvalue weighted by atomic mass is 35.5. The quantitative estimate of drug-likeness (QED) is 0.618. The van der Waals surface area contributed by atoms with E-state index in [1.54, 1.807) is 25.1 Å². The van der Waals surface area contributed by atoms with E-state index in [1.165, 1.54) is 6.07 Å². The highest BCUT2D eigenvalue weighted by Crippen LogP contribution is 2.22. The maximum Gasteiger partial charge on any atom is 0.151 e. The summed E-state index contributed by atoms with van der Waals surface area (Å²) in [4.78, 5) is 0. The largest absolute Gasteiger partial charge is 0.275 e. The Kier molecular flexibility index (Phi) is 4.57. The molecule has 0 aliphatic rings. The maximum atomic E-state index is 13.4. The van der Waals surface area contributed by atoms with Gasteiger partial charge in [0, 0.05) is 16.7 Å². The lowest BCUT2D eigenvalue weighted by Gasteiger charge is -2.06. The van der Waals surface area contributed by atoms with Crippen molar-refractivity contribution >= 4 is 34.6 Å². The van der Waals surface area contributed by atoms with Gasteiger partial charge in [-0.05, 0) is 31.2 Å². The molecule has 0 bridgehead atoms. The van der Waals surface area contributed by atoms with Gasteiger partial charge in [-0.2, -0.15) is 5.10 Å². The lowest BCUT2D eigenvalue weighted by atomic mass is 10.1. The number of rotatable bonds is 3. The Labute approximate surface area is 125 Å². The van der Waals surface area contributed by atoms with Gasteiger partial charge in [0.1, 0.15) is 5.82 Å². The molecule has 20 heavy (non-hydrogen) atoms. The molecule has 0 heterocycles. The van der Waals surface area contributed by atoms with Crippen LogP contribution in [-0.2, 0) is 0 Å². The summed E-state index contributed by atoms with van der Waals surface area (Å²) in [5.41, 5.74) is 3.84. The van der Waals surface area contributed by atoms with E-state index in [9.17, 15) is 8.78 Å². The molecule has 0 aliphatic heterocycles. The van der Waals surface area contributed by atoms with Gasteiger partial charge in [-0.15, -0.1) is 0 Å². The van der Waals surface area contributed by atoms with Crippen molar-refractivity contribution in [1.82, 2.24) is 0 Å². The topological polar surface area (TPSA) is 24.4 Å². The Balaban J connectivity index is 2.22. The van der Waals surface area contributed by atoms with Crippen molar-refractivity contribution in [3.8, 4) is 0 Å². The fourth-order valence-electron chi connectivity index (χ4n) is 1.57. The number of anilines is 1. The monoisotopic (exact) mass is 314 g/mol. The SMILES string of the molecule is CC(=NNc1ccc(F)cc1F)c1ccc(Cl)cc1Cl. The van der Waals surface area contributed by atoms with E-state index in [0.717, 1.165) is 12.1 Å². The van der Waals surface area contributed by atoms with Crippen LogP contribution in [-0.4, -0.2) is 5.71 Å². The van der Waals surface area contributed by atoms with Crippen LogP contribution in [0.15, 0.2) is 41.5 Å². The maximum absolute atomic E-state index is 13.4. The Hall–Kier alpha value is -1.65. The number of nitrogens with zero attached hydrogens (tertiary/aromatic N) is 1. The molecular formula is C14H10Cl2F2N2. The summed E-state index contributed by atoms with van der Waals surface area (Å²) in [5.74, 6) is -1.36. The number of hydrazone groups is 1. The molecule has 2 rings (SSSR count). The van der Waals surface area contributed by atoms with E-state index >= 15 is 0 Å². The first kappa shape index (κ1) is 14.8. The third-order valence-electron chi connectivity index (χ3n) is 2.60. The fourth-order valence-corrected chi connectivity index (χ4v) is 2.11. The van der Waals surface area contributed by atoms with Crippen molar-refractivity contribution < 1.29 is 8.78 Å². The van der Waals surface area contributed by atoms with Crippen molar-refractivity contribution in [2.24, 2.45) is 5.10 Å². The molecule has 0 amide bonds. The lowest BCUT2D eigenvalue weighted by Crippen LogP contribution is -2.02. The zero-order chi connectivity index (χ0) is 14.7. The minimum Gasteiger partial charge on any atom is -0.275 e. The summed E-state index contributed by atoms with van der Waals surface area (Å²) in [5, 5.41) is 4.98. The molecule has 0 radical (unpaired) electrons. The van der Waals surface area contributed by atoms with Crippen LogP contribution in [0.2, 0.25) is 10.0 Å². The zero-order valence-electron chi connectivity index (χ0n) is 10.4. The van der Waals surface area contributed by atoms with E-state index in [2.05, 4.69) is 10.5 Å². The van der Waals surface area contributed by atoms with Gasteiger partial charge >= 0.3 is 0 Å². The van der Waals surface area contributed by atoms with Crippen molar-refractivity contribution in [2.45, 2.75) is 6.92 Å². The zero-order valence-corrected chi connectivity index (χ0v) is 11.9. The van der Waals surface area contributed by atoms with Gasteiger partial charge in [-0.25, -0.2) is 8.78 Å². The van der Waals surface area contributed by atoms with Gasteiger partial charge in [-0.3, -0.25) is 5.43 Å². The van der Waals surface area contributed by atoms with Crippen molar-refractivity contribution in [1.29, 1.82) is 0 Å². The van der Waals surface area contributed by atoms with Crippen LogP contribution in [0.1, 0.15) is 12.5 Å². The molecule has 1 N–H and O–H groups in total. The normalized spacial score (nSPS) is 11.6. The van der Waals surface area contributed by atoms with Crippen LogP contribution < -0.4 is 5.43 Å². The summed E-state index contributed by atoms with van der Waals surface area (Å²) in [6.07, 6.45) is 0. The molecule has 0 saturated carbocycles. The molecule has 6 heteroatoms. The Morgan fingerprint density at radius 1 is 1.10 bits per heavy atom. The summed E-state index contributed by atoms with van der Waals surface area (Å²) >= 11 is 11.8. The molecule has 2 aromatic carbocycles. The predicted molar refractivity (Wildman–Crippen MR) is 78.7 cm³/mol. The van der Waals surface area contributed by atoms with Crippen LogP contribution in [0.3, 0.4) is 0 Å². The van der Waals surface area contributed by atoms with Crippen LogP contribution >= 0.6 is 23.2 Å². The molecule has 0 spiro atoms. The average Bonchev–Trinajstić information content (AvgIpc) is 2.37. The van der Waals surface area contributed by atoms with Gasteiger partial charge < -0.3 is 0 Å². The van der Waals surface area contributed by atoms with E-state index in [0.29, 0.717) is 21.3 Å². The van der Waals surface area contributed by atoms with Crippen LogP contribution in [0.5, 0.6) is 0 Å². The number of benzene rings is 2. The Morgan fingerprint density at radius 2 is 1.85 bits per heavy atom. The van der Waals surface area contributed by atoms with Gasteiger partial charge in [0.25, 0.3) is 0 Å². The van der Waals surface area contributed by atoms with Crippen LogP contribution in [0.4, 0.5) is 14.5 Å². The van der Waals surface area contributed by atoms with Gasteiger partial charge in [-0.1, -0.05) is 29.3 Å². The highest BCUT2D eigenvalue weighted by molar-refractivity contribution is 6.37. The lowest BCUT2D eigenvalue weighted by molar-refractivity contribution is 0.585. The van der Waals surface area contributed by atoms with Crippen LogP contribution in [0, 0.1) is 11.6 Å². The number of hydrogen-bond donors (Lipinski definition) is 1. The summed E-state index contributed by atoms with van der Waals surface area (Å²) in [6.45, 7) is 1.71. The fraction of sp³-hybridized carbons (Fsp3) is 0.0714. The molecule has 0 saturated heterocycles. The minimum atomic E-state index is -0.719. The molecule has 0 unspecified atom stereocenters. The van der Waals surface area contributed by atoms with Crippen molar-refractivity contribution in [3.63, 3.8) is 0 Å². The summed E-state index contributed by atoms with van der Waals surface area (Å²) in [6, 6.07) is 8.18. The Morgan fingerprint density at radius 3 is 2.50 bits per heavy atom. The first-order valence-corrected chi connectivity index (χ1v) is 6.44. The second-order valence-corrected chi connectivity index (χ2v) is 4.90. The third-order valence-corrected chi connectivity index (χ3v) is 3.14. The predicted octanol–water partition coefficient (Wildman–Crippen LogP) is 5.11. The number of hydrogen-bond acceptors (Lipinski definition) is 2. The molecule has 0 aromatic heterocycles. The second kappa shape index (κ2) is 6.20. The minimum absolute atomic E-state index is 0.0795. The highest BCUT2D eigenvalue weighted by Gasteiger charge is 2.06. The Bertz CT molecular complexity index is 672. The molecule has 0 aliphatic carbocycles. The third kappa shape index (κ3) is 3.46. The summed E-state index contributed by atoms with van der Waals surface area (Å²) in [7, 11) is 0. The second-order valence-electron chi connectivity index (χ2n) is 4.06. The first-order valence-electron chi connectivity index (χ1n) is 5.68. The standard InChI is InChI=1S/C14H10Cl2F2N2/c1-8(11-4-2-9(15)6-12(11)16)19-20-14-5-3-10(17)7-13(14)18/h2-7,20H,1H3. The number of nitrogens with one attached hydrogen (secondary N) is 1. The molecule has 2 aromatic rings. The van der Waals surface area contributed by atoms with E-state index in [4.69, 9.17) is 23.2 Å². The average molecular weight is 315 g/mol. The van der Waals surface area contributed by atoms with Crippen molar-refractivity contribution in [2.75, 3.05) is 5.43 Å². The van der Waals surface area contributed by atoms with E-state index in [-0.39, 0.29) is 5.69 Å². The summed E-state index contributed by atoms with van der Waals surface area (Å²) < 4.78 is 26.2. The van der Waals surface area contributed by atoms with Crippen molar-refractivity contribution in [3.05, 3.63) is 63.6 Å². The van der Waals surface area contributed by atoms with Gasteiger partial charge in [0.15, 0.2) is 5.82 Å². The van der Waals surface area contributed by atoms with Gasteiger partial charge in [0.05, 0.1) is 16.4 Å². The molecule has 0 fully saturated rings. The molecular weight excluding hydrogens is 305 g/mol. The van der Waals surface area contributed by atoms with Gasteiger partial charge in [0.2, 0.25) is 0 Å². The molecule has 104 valence electrons. The smallest absolute Gasteiger partial charge is 0.151 e. The molecule has 2 nitrogen and oxygen atoms in total. The molecule has 0 atom stereocenters. The van der Waals surface area contributed by atoms with Crippen LogP contribution in [0.25, 0.3) is 0 Å². The van der Waals surface area contributed by atoms with E-state index in [1.807, 2.05) is 0 Å².